The maximum Gasteiger partial charge on any atom is 0.0829 e. The zero-order valence-corrected chi connectivity index (χ0v) is 12.8. The van der Waals surface area contributed by atoms with Gasteiger partial charge < -0.3 is 10.2 Å². The summed E-state index contributed by atoms with van der Waals surface area (Å²) in [6, 6.07) is 0. The first kappa shape index (κ1) is 13.6. The molecule has 2 N–H and O–H groups in total. The van der Waals surface area contributed by atoms with E-state index in [9.17, 15) is 10.2 Å². The summed E-state index contributed by atoms with van der Waals surface area (Å²) in [7, 11) is 0. The Morgan fingerprint density at radius 2 is 1.45 bits per heavy atom. The first-order valence-electron chi connectivity index (χ1n) is 8.96. The average Bonchev–Trinajstić information content (AvgIpc) is 2.84. The number of rotatable bonds is 0. The highest BCUT2D eigenvalue weighted by atomic mass is 16.3. The molecular formula is C18H30O2. The van der Waals surface area contributed by atoms with Crippen molar-refractivity contribution in [3.8, 4) is 0 Å². The molecule has 0 heterocycles. The largest absolute Gasteiger partial charge is 0.390 e. The van der Waals surface area contributed by atoms with Crippen LogP contribution in [0.5, 0.6) is 0 Å². The first-order valence-corrected chi connectivity index (χ1v) is 8.96. The third-order valence-corrected chi connectivity index (χ3v) is 7.84. The summed E-state index contributed by atoms with van der Waals surface area (Å²) >= 11 is 0. The molecule has 0 radical (unpaired) electrons. The highest BCUT2D eigenvalue weighted by Crippen LogP contribution is 2.62. The first-order chi connectivity index (χ1) is 9.60. The van der Waals surface area contributed by atoms with Crippen molar-refractivity contribution in [3.05, 3.63) is 0 Å². The Balaban J connectivity index is 1.58. The van der Waals surface area contributed by atoms with Gasteiger partial charge in [-0.15, -0.1) is 0 Å². The zero-order chi connectivity index (χ0) is 13.9. The van der Waals surface area contributed by atoms with Gasteiger partial charge in [0.15, 0.2) is 0 Å². The molecule has 0 aliphatic heterocycles. The highest BCUT2D eigenvalue weighted by Gasteiger charge is 2.54. The normalized spacial score (nSPS) is 58.6. The standard InChI is InChI=1S/C18H30O2/c1-18-9-2-3-15(18)13-4-5-14-11(12(13)8-10-18)6-7-16(19)17(14)20/h11-17,19-20H,2-10H2,1H3/t11-,12-,13-,14?,15+,16+,17?,18+/m1/s1. The second kappa shape index (κ2) is 4.71. The summed E-state index contributed by atoms with van der Waals surface area (Å²) in [5.41, 5.74) is 0.640. The summed E-state index contributed by atoms with van der Waals surface area (Å²) in [5, 5.41) is 20.3. The van der Waals surface area contributed by atoms with Gasteiger partial charge in [0.1, 0.15) is 0 Å². The predicted molar refractivity (Wildman–Crippen MR) is 79.1 cm³/mol. The summed E-state index contributed by atoms with van der Waals surface area (Å²) in [5.74, 6) is 3.85. The number of hydrogen-bond acceptors (Lipinski definition) is 2. The Morgan fingerprint density at radius 1 is 0.750 bits per heavy atom. The van der Waals surface area contributed by atoms with Crippen molar-refractivity contribution >= 4 is 0 Å². The maximum absolute atomic E-state index is 10.4. The lowest BCUT2D eigenvalue weighted by Crippen LogP contribution is -2.52. The quantitative estimate of drug-likeness (QED) is 0.713. The van der Waals surface area contributed by atoms with Crippen LogP contribution < -0.4 is 0 Å². The molecule has 0 bridgehead atoms. The monoisotopic (exact) mass is 278 g/mol. The van der Waals surface area contributed by atoms with Crippen molar-refractivity contribution in [2.45, 2.75) is 76.9 Å². The van der Waals surface area contributed by atoms with E-state index in [1.54, 1.807) is 0 Å². The van der Waals surface area contributed by atoms with Crippen LogP contribution in [0.1, 0.15) is 64.7 Å². The summed E-state index contributed by atoms with van der Waals surface area (Å²) < 4.78 is 0. The van der Waals surface area contributed by atoms with Crippen LogP contribution in [0.2, 0.25) is 0 Å². The van der Waals surface area contributed by atoms with Crippen LogP contribution in [0, 0.1) is 35.0 Å². The average molecular weight is 278 g/mol. The number of aliphatic hydroxyl groups excluding tert-OH is 2. The Kier molecular flexibility index (Phi) is 3.20. The van der Waals surface area contributed by atoms with Crippen LogP contribution in [0.15, 0.2) is 0 Å². The van der Waals surface area contributed by atoms with Crippen LogP contribution in [0.3, 0.4) is 0 Å². The summed E-state index contributed by atoms with van der Waals surface area (Å²) in [4.78, 5) is 0. The van der Waals surface area contributed by atoms with E-state index in [4.69, 9.17) is 0 Å². The van der Waals surface area contributed by atoms with E-state index in [-0.39, 0.29) is 0 Å². The number of hydrogen-bond donors (Lipinski definition) is 2. The summed E-state index contributed by atoms with van der Waals surface area (Å²) in [6.45, 7) is 2.55. The van der Waals surface area contributed by atoms with Gasteiger partial charge in [-0.25, -0.2) is 0 Å². The Hall–Kier alpha value is -0.0800. The highest BCUT2D eigenvalue weighted by molar-refractivity contribution is 5.04. The minimum absolute atomic E-state index is 0.394. The van der Waals surface area contributed by atoms with Crippen molar-refractivity contribution < 1.29 is 10.2 Å². The molecule has 0 aromatic rings. The van der Waals surface area contributed by atoms with E-state index in [0.29, 0.717) is 17.3 Å². The fourth-order valence-corrected chi connectivity index (χ4v) is 6.84. The molecule has 0 saturated heterocycles. The van der Waals surface area contributed by atoms with Gasteiger partial charge in [-0.05, 0) is 86.4 Å². The van der Waals surface area contributed by atoms with Gasteiger partial charge in [0.2, 0.25) is 0 Å². The van der Waals surface area contributed by atoms with Crippen LogP contribution in [0.4, 0.5) is 0 Å². The Labute approximate surface area is 123 Å². The van der Waals surface area contributed by atoms with Crippen molar-refractivity contribution in [1.29, 1.82) is 0 Å². The number of fused-ring (bicyclic) bond motifs is 5. The van der Waals surface area contributed by atoms with Gasteiger partial charge in [0.05, 0.1) is 12.2 Å². The molecule has 4 aliphatic carbocycles. The van der Waals surface area contributed by atoms with E-state index in [2.05, 4.69) is 6.92 Å². The molecule has 2 unspecified atom stereocenters. The van der Waals surface area contributed by atoms with Crippen molar-refractivity contribution in [2.75, 3.05) is 0 Å². The van der Waals surface area contributed by atoms with Crippen LogP contribution in [0.25, 0.3) is 0 Å². The summed E-state index contributed by atoms with van der Waals surface area (Å²) in [6.07, 6.45) is 10.7. The van der Waals surface area contributed by atoms with Crippen LogP contribution in [-0.2, 0) is 0 Å². The third-order valence-electron chi connectivity index (χ3n) is 7.84. The molecular weight excluding hydrogens is 248 g/mol. The second-order valence-electron chi connectivity index (χ2n) is 8.56. The molecule has 4 saturated carbocycles. The molecule has 0 spiro atoms. The van der Waals surface area contributed by atoms with Crippen LogP contribution in [-0.4, -0.2) is 22.4 Å². The maximum atomic E-state index is 10.4. The van der Waals surface area contributed by atoms with E-state index in [0.717, 1.165) is 37.0 Å². The van der Waals surface area contributed by atoms with Crippen molar-refractivity contribution in [3.63, 3.8) is 0 Å². The van der Waals surface area contributed by atoms with E-state index >= 15 is 0 Å². The fourth-order valence-electron chi connectivity index (χ4n) is 6.84. The van der Waals surface area contributed by atoms with Crippen molar-refractivity contribution in [2.24, 2.45) is 35.0 Å². The molecule has 2 nitrogen and oxygen atoms in total. The lowest BCUT2D eigenvalue weighted by Gasteiger charge is -2.56. The zero-order valence-electron chi connectivity index (χ0n) is 12.8. The molecule has 8 atom stereocenters. The second-order valence-corrected chi connectivity index (χ2v) is 8.56. The topological polar surface area (TPSA) is 40.5 Å². The molecule has 0 aromatic carbocycles. The molecule has 4 fully saturated rings. The molecule has 0 aromatic heterocycles. The van der Waals surface area contributed by atoms with Gasteiger partial charge >= 0.3 is 0 Å². The molecule has 0 amide bonds. The Bertz CT molecular complexity index is 382. The van der Waals surface area contributed by atoms with Crippen LogP contribution >= 0.6 is 0 Å². The minimum Gasteiger partial charge on any atom is -0.390 e. The minimum atomic E-state index is -0.451. The lowest BCUT2D eigenvalue weighted by atomic mass is 9.50. The van der Waals surface area contributed by atoms with Gasteiger partial charge in [0.25, 0.3) is 0 Å². The molecule has 2 heteroatoms. The van der Waals surface area contributed by atoms with Gasteiger partial charge in [0, 0.05) is 0 Å². The van der Waals surface area contributed by atoms with E-state index < -0.39 is 12.2 Å². The fraction of sp³-hybridized carbons (Fsp3) is 1.00. The van der Waals surface area contributed by atoms with E-state index in [1.807, 2.05) is 0 Å². The Morgan fingerprint density at radius 3 is 2.30 bits per heavy atom. The molecule has 4 rings (SSSR count). The van der Waals surface area contributed by atoms with Gasteiger partial charge in [-0.1, -0.05) is 13.3 Å². The molecule has 4 aliphatic rings. The predicted octanol–water partition coefficient (Wildman–Crippen LogP) is 3.36. The third kappa shape index (κ3) is 1.83. The SMILES string of the molecule is C[C@@]12CCC[C@H]1[C@@H]1CCC3C(O)[C@@H](O)CC[C@@H]3[C@H]1CC2. The lowest BCUT2D eigenvalue weighted by molar-refractivity contribution is -0.127. The van der Waals surface area contributed by atoms with Crippen molar-refractivity contribution in [1.82, 2.24) is 0 Å². The number of aliphatic hydroxyl groups is 2. The van der Waals surface area contributed by atoms with E-state index in [1.165, 1.54) is 38.5 Å². The van der Waals surface area contributed by atoms with Gasteiger partial charge in [-0.3, -0.25) is 0 Å². The molecule has 114 valence electrons. The van der Waals surface area contributed by atoms with Gasteiger partial charge in [-0.2, -0.15) is 0 Å². The smallest absolute Gasteiger partial charge is 0.0829 e. The molecule has 20 heavy (non-hydrogen) atoms.